The molecule has 2 heterocycles. The van der Waals surface area contributed by atoms with Gasteiger partial charge in [0, 0.05) is 22.5 Å². The van der Waals surface area contributed by atoms with E-state index in [2.05, 4.69) is 30.8 Å². The van der Waals surface area contributed by atoms with Crippen LogP contribution in [-0.2, 0) is 23.1 Å². The molecule has 0 saturated carbocycles. The van der Waals surface area contributed by atoms with Gasteiger partial charge in [-0.1, -0.05) is 50.2 Å². The molecule has 0 fully saturated rings. The van der Waals surface area contributed by atoms with Gasteiger partial charge in [0.05, 0.1) is 16.7 Å². The zero-order valence-corrected chi connectivity index (χ0v) is 17.1. The smallest absolute Gasteiger partial charge is 0.300 e. The van der Waals surface area contributed by atoms with E-state index >= 15 is 0 Å². The first kappa shape index (κ1) is 19.3. The predicted molar refractivity (Wildman–Crippen MR) is 117 cm³/mol. The Bertz CT molecular complexity index is 1310. The van der Waals surface area contributed by atoms with Gasteiger partial charge in [-0.05, 0) is 42.2 Å². The summed E-state index contributed by atoms with van der Waals surface area (Å²) in [6.45, 7) is 4.16. The number of benzene rings is 2. The van der Waals surface area contributed by atoms with Crippen LogP contribution in [0.5, 0.6) is 0 Å². The van der Waals surface area contributed by atoms with E-state index < -0.39 is 10.3 Å². The van der Waals surface area contributed by atoms with Gasteiger partial charge in [0.2, 0.25) is 0 Å². The number of hydrogen-bond acceptors (Lipinski definition) is 4. The van der Waals surface area contributed by atoms with Crippen LogP contribution in [0.3, 0.4) is 0 Å². The van der Waals surface area contributed by atoms with Crippen molar-refractivity contribution in [2.45, 2.75) is 26.7 Å². The molecule has 150 valence electrons. The minimum atomic E-state index is -4.43. The number of nitrogens with zero attached hydrogens (tertiary/aromatic N) is 1. The Morgan fingerprint density at radius 1 is 0.862 bits per heavy atom. The monoisotopic (exact) mass is 409 g/mol. The summed E-state index contributed by atoms with van der Waals surface area (Å²) < 4.78 is 34.5. The molecule has 2 aromatic carbocycles. The average molecular weight is 410 g/mol. The molecule has 0 aliphatic carbocycles. The number of hydrazine groups is 1. The molecular weight excluding hydrogens is 386 g/mol. The van der Waals surface area contributed by atoms with Crippen molar-refractivity contribution in [2.75, 3.05) is 10.9 Å². The molecule has 3 aromatic rings. The topological polar surface area (TPSA) is 83.4 Å². The van der Waals surface area contributed by atoms with Crippen LogP contribution < -0.4 is 21.4 Å². The van der Waals surface area contributed by atoms with Gasteiger partial charge in [-0.3, -0.25) is 15.4 Å². The average Bonchev–Trinajstić information content (AvgIpc) is 3.10. The lowest BCUT2D eigenvalue weighted by Gasteiger charge is -2.20. The molecule has 4 rings (SSSR count). The van der Waals surface area contributed by atoms with Gasteiger partial charge in [-0.15, -0.1) is 0 Å². The number of nitrogens with one attached hydrogen (secondary N) is 2. The third-order valence-electron chi connectivity index (χ3n) is 5.21. The summed E-state index contributed by atoms with van der Waals surface area (Å²) in [6, 6.07) is 13.6. The number of anilines is 2. The SMILES string of the molecule is CCc1cccc2c1NNc1c(cccc1CC)/C=c1/c(ccn1S(=O)(=O)O)=C\2. The van der Waals surface area contributed by atoms with Crippen molar-refractivity contribution in [3.63, 3.8) is 0 Å². The fraction of sp³-hybridized carbons (Fsp3) is 0.182. The maximum atomic E-state index is 12.0. The largest absolute Gasteiger partial charge is 0.363 e. The summed E-state index contributed by atoms with van der Waals surface area (Å²) in [5.74, 6) is 0. The van der Waals surface area contributed by atoms with E-state index in [0.29, 0.717) is 10.6 Å². The van der Waals surface area contributed by atoms with Crippen LogP contribution in [0.1, 0.15) is 36.1 Å². The van der Waals surface area contributed by atoms with Crippen LogP contribution in [0.2, 0.25) is 0 Å². The number of aryl methyl sites for hydroxylation is 2. The second-order valence-electron chi connectivity index (χ2n) is 6.94. The lowest BCUT2D eigenvalue weighted by molar-refractivity contribution is 0.471. The van der Waals surface area contributed by atoms with Crippen molar-refractivity contribution in [3.8, 4) is 0 Å². The maximum absolute atomic E-state index is 12.0. The number of rotatable bonds is 3. The second-order valence-corrected chi connectivity index (χ2v) is 8.23. The highest BCUT2D eigenvalue weighted by Gasteiger charge is 2.14. The summed E-state index contributed by atoms with van der Waals surface area (Å²) >= 11 is 0. The molecule has 0 unspecified atom stereocenters. The van der Waals surface area contributed by atoms with Crippen LogP contribution in [0.15, 0.2) is 48.7 Å². The van der Waals surface area contributed by atoms with Crippen LogP contribution in [0.4, 0.5) is 11.4 Å². The number of aromatic nitrogens is 1. The van der Waals surface area contributed by atoms with Crippen molar-refractivity contribution in [2.24, 2.45) is 0 Å². The molecule has 29 heavy (non-hydrogen) atoms. The van der Waals surface area contributed by atoms with Crippen molar-refractivity contribution in [1.29, 1.82) is 0 Å². The lowest BCUT2D eigenvalue weighted by atomic mass is 10.0. The van der Waals surface area contributed by atoms with Crippen LogP contribution >= 0.6 is 0 Å². The molecular formula is C22H23N3O3S. The van der Waals surface area contributed by atoms with E-state index in [9.17, 15) is 13.0 Å². The van der Waals surface area contributed by atoms with E-state index in [0.717, 1.165) is 50.4 Å². The van der Waals surface area contributed by atoms with Crippen LogP contribution in [-0.4, -0.2) is 16.9 Å². The summed E-state index contributed by atoms with van der Waals surface area (Å²) in [6.07, 6.45) is 6.73. The molecule has 6 nitrogen and oxygen atoms in total. The molecule has 0 saturated heterocycles. The molecule has 0 radical (unpaired) electrons. The van der Waals surface area contributed by atoms with E-state index in [1.54, 1.807) is 12.1 Å². The van der Waals surface area contributed by atoms with Gasteiger partial charge in [-0.25, -0.2) is 3.97 Å². The molecule has 1 aromatic heterocycles. The Hall–Kier alpha value is -3.03. The second kappa shape index (κ2) is 7.42. The normalized spacial score (nSPS) is 15.3. The van der Waals surface area contributed by atoms with E-state index in [4.69, 9.17) is 0 Å². The minimum absolute atomic E-state index is 0.401. The zero-order valence-electron chi connectivity index (χ0n) is 16.3. The molecule has 1 aliphatic rings. The van der Waals surface area contributed by atoms with Gasteiger partial charge in [0.15, 0.2) is 0 Å². The van der Waals surface area contributed by atoms with Gasteiger partial charge in [0.25, 0.3) is 0 Å². The Balaban J connectivity index is 2.14. The van der Waals surface area contributed by atoms with E-state index in [1.165, 1.54) is 6.20 Å². The predicted octanol–water partition coefficient (Wildman–Crippen LogP) is 2.67. The van der Waals surface area contributed by atoms with Crippen molar-refractivity contribution < 1.29 is 13.0 Å². The molecule has 3 N–H and O–H groups in total. The number of para-hydroxylation sites is 2. The molecule has 1 aliphatic heterocycles. The molecule has 0 amide bonds. The number of hydrogen-bond donors (Lipinski definition) is 3. The summed E-state index contributed by atoms with van der Waals surface area (Å²) in [5, 5.41) is 1.10. The van der Waals surface area contributed by atoms with Crippen molar-refractivity contribution in [3.05, 3.63) is 81.5 Å². The zero-order chi connectivity index (χ0) is 20.6. The Labute approximate surface area is 170 Å². The first-order chi connectivity index (χ1) is 13.9. The third-order valence-corrected chi connectivity index (χ3v) is 6.03. The Morgan fingerprint density at radius 3 is 1.93 bits per heavy atom. The first-order valence-corrected chi connectivity index (χ1v) is 11.0. The Kier molecular flexibility index (Phi) is 4.94. The van der Waals surface area contributed by atoms with Gasteiger partial charge < -0.3 is 0 Å². The molecule has 0 spiro atoms. The minimum Gasteiger partial charge on any atom is -0.300 e. The molecule has 0 atom stereocenters. The first-order valence-electron chi connectivity index (χ1n) is 9.57. The summed E-state index contributed by atoms with van der Waals surface area (Å²) in [5.41, 5.74) is 12.5. The van der Waals surface area contributed by atoms with Gasteiger partial charge >= 0.3 is 10.3 Å². The lowest BCUT2D eigenvalue weighted by Crippen LogP contribution is -2.33. The Morgan fingerprint density at radius 2 is 1.41 bits per heavy atom. The molecule has 0 bridgehead atoms. The standard InChI is InChI=1S/C22H23N3O3S/c1-3-15-7-5-9-18-13-17-11-12-25(29(26,27)28)20(17)14-19-10-6-8-16(4-2)22(19)24-23-21(15)18/h5-14,23-24H,3-4H2,1-2H3,(H,26,27,28)/b17-13-,20-14-. The van der Waals surface area contributed by atoms with Gasteiger partial charge in [0.1, 0.15) is 0 Å². The quantitative estimate of drug-likeness (QED) is 0.580. The molecule has 7 heteroatoms. The van der Waals surface area contributed by atoms with Crippen LogP contribution in [0, 0.1) is 0 Å². The summed E-state index contributed by atoms with van der Waals surface area (Å²) in [7, 11) is -4.43. The van der Waals surface area contributed by atoms with Crippen molar-refractivity contribution >= 4 is 33.8 Å². The highest BCUT2D eigenvalue weighted by atomic mass is 32.2. The number of fused-ring (bicyclic) bond motifs is 3. The highest BCUT2D eigenvalue weighted by Crippen LogP contribution is 2.27. The summed E-state index contributed by atoms with van der Waals surface area (Å²) in [4.78, 5) is 0. The van der Waals surface area contributed by atoms with Crippen LogP contribution in [0.25, 0.3) is 12.2 Å². The highest BCUT2D eigenvalue weighted by molar-refractivity contribution is 7.84. The fourth-order valence-corrected chi connectivity index (χ4v) is 4.35. The maximum Gasteiger partial charge on any atom is 0.363 e. The van der Waals surface area contributed by atoms with E-state index in [1.807, 2.05) is 36.4 Å². The van der Waals surface area contributed by atoms with Crippen molar-refractivity contribution in [1.82, 2.24) is 3.97 Å². The fourth-order valence-electron chi connectivity index (χ4n) is 3.73. The third kappa shape index (κ3) is 3.54. The van der Waals surface area contributed by atoms with E-state index in [-0.39, 0.29) is 0 Å². The van der Waals surface area contributed by atoms with Gasteiger partial charge in [-0.2, -0.15) is 8.42 Å².